The topological polar surface area (TPSA) is 23.5 Å². The summed E-state index contributed by atoms with van der Waals surface area (Å²) in [6.07, 6.45) is 4.71. The highest BCUT2D eigenvalue weighted by Gasteiger charge is 2.70. The van der Waals surface area contributed by atoms with E-state index in [1.54, 1.807) is 0 Å². The van der Waals surface area contributed by atoms with E-state index in [0.717, 1.165) is 11.5 Å². The summed E-state index contributed by atoms with van der Waals surface area (Å²) in [4.78, 5) is 5.24. The highest BCUT2D eigenvalue weighted by molar-refractivity contribution is 6.09. The molecule has 0 atom stereocenters. The minimum absolute atomic E-state index is 0.288. The van der Waals surface area contributed by atoms with Crippen LogP contribution in [0.2, 0.25) is 0 Å². The Morgan fingerprint density at radius 2 is 0.759 bits per heavy atom. The third kappa shape index (κ3) is 2.91. The fourth-order valence-electron chi connectivity index (χ4n) is 12.5. The maximum Gasteiger partial charge on any atom is 0.321 e. The molecule has 0 radical (unpaired) electrons. The van der Waals surface area contributed by atoms with Crippen LogP contribution in [0.1, 0.15) is 61.1 Å². The van der Waals surface area contributed by atoms with Crippen molar-refractivity contribution in [3.63, 3.8) is 0 Å². The van der Waals surface area contributed by atoms with Crippen LogP contribution in [0.5, 0.6) is 11.5 Å². The molecule has 1 spiro atoms. The molecule has 0 aliphatic carbocycles. The molecule has 5 heteroatoms. The predicted molar refractivity (Wildman–Crippen MR) is 227 cm³/mol. The molecule has 0 N–H and O–H groups in total. The van der Waals surface area contributed by atoms with Crippen LogP contribution in [0.25, 0.3) is 44.5 Å². The Morgan fingerprint density at radius 1 is 0.379 bits per heavy atom. The van der Waals surface area contributed by atoms with E-state index in [4.69, 9.17) is 4.74 Å². The lowest BCUT2D eigenvalue weighted by molar-refractivity contribution is -0.963. The number of fused-ring (bicyclic) bond motifs is 6. The Morgan fingerprint density at radius 3 is 1.19 bits per heavy atom. The van der Waals surface area contributed by atoms with E-state index in [1.165, 1.54) is 112 Å². The largest absolute Gasteiger partial charge is 0.456 e. The summed E-state index contributed by atoms with van der Waals surface area (Å²) in [5.41, 5.74) is 21.1. The predicted octanol–water partition coefficient (Wildman–Crippen LogP) is 11.8. The molecule has 7 aliphatic heterocycles. The van der Waals surface area contributed by atoms with Gasteiger partial charge in [-0.2, -0.15) is 18.9 Å². The van der Waals surface area contributed by atoms with Gasteiger partial charge in [0.2, 0.25) is 0 Å². The summed E-state index contributed by atoms with van der Waals surface area (Å²) in [7, 11) is 0. The smallest absolute Gasteiger partial charge is 0.321 e. The summed E-state index contributed by atoms with van der Waals surface area (Å²) in [6.45, 7) is 9.66. The number of pyridine rings is 2. The molecule has 8 aromatic rings. The van der Waals surface area contributed by atoms with Crippen LogP contribution in [0, 0.1) is 0 Å². The number of anilines is 6. The first-order chi connectivity index (χ1) is 28.3. The van der Waals surface area contributed by atoms with Crippen LogP contribution >= 0.6 is 0 Å². The molecule has 0 unspecified atom stereocenters. The van der Waals surface area contributed by atoms with Crippen molar-refractivity contribution < 1.29 is 13.9 Å². The average molecular weight is 745 g/mol. The number of rotatable bonds is 0. The van der Waals surface area contributed by atoms with E-state index >= 15 is 0 Å². The lowest BCUT2D eigenvalue weighted by atomic mass is 9.70. The summed E-state index contributed by atoms with van der Waals surface area (Å²) < 4.78 is 12.6. The molecule has 6 aromatic carbocycles. The highest BCUT2D eigenvalue weighted by atomic mass is 16.5. The molecule has 0 saturated carbocycles. The standard InChI is InChI=1S/C53H36N4O/c1-51(2)37-19-9-17-33-29-13-5-7-15-31(29)35-23-25-41-43-47(35)56(45(33)37)49-39(51)21-11-27-54(49)53(43)44-42(58-41)26-24-36-32-16-8-6-14-30(32)34-18-10-20-38-46(34)57(48(36)44)50-40(52(38,3)4)22-12-28-55(50)53/h5-28H,1-4H3/q+2. The number of hydrogen-bond acceptors (Lipinski definition) is 3. The van der Waals surface area contributed by atoms with Gasteiger partial charge in [0.15, 0.2) is 11.4 Å². The highest BCUT2D eigenvalue weighted by Crippen LogP contribution is 2.69. The van der Waals surface area contributed by atoms with Crippen molar-refractivity contribution in [2.45, 2.75) is 44.2 Å². The quantitative estimate of drug-likeness (QED) is 0.144. The molecule has 15 rings (SSSR count). The molecular weight excluding hydrogens is 709 g/mol. The lowest BCUT2D eigenvalue weighted by Gasteiger charge is -2.50. The first kappa shape index (κ1) is 30.2. The maximum atomic E-state index is 7.36. The fourth-order valence-corrected chi connectivity index (χ4v) is 12.5. The number of ether oxygens (including phenoxy) is 1. The van der Waals surface area contributed by atoms with Gasteiger partial charge in [-0.1, -0.05) is 113 Å². The van der Waals surface area contributed by atoms with Crippen molar-refractivity contribution in [3.05, 3.63) is 179 Å². The molecule has 2 aromatic heterocycles. The van der Waals surface area contributed by atoms with Crippen molar-refractivity contribution in [2.75, 3.05) is 9.80 Å². The fraction of sp³-hybridized carbons (Fsp3) is 0.132. The van der Waals surface area contributed by atoms with Crippen LogP contribution in [-0.4, -0.2) is 0 Å². The molecule has 0 bridgehead atoms. The normalized spacial score (nSPS) is 17.4. The molecule has 5 nitrogen and oxygen atoms in total. The Bertz CT molecular complexity index is 3130. The SMILES string of the molecule is CC1(C)c2cccc3c2N2c4c(ccc5c4C4(c6c(ccc7c6N6c8c(cccc8C(C)(C)c8ccc[n+]4c86)-c4ccccc4-7)O5)[n+]4cccc1c42)-c1ccccc1-3. The van der Waals surface area contributed by atoms with Crippen LogP contribution in [-0.2, 0) is 16.5 Å². The molecule has 9 heterocycles. The minimum atomic E-state index is -0.854. The van der Waals surface area contributed by atoms with Crippen molar-refractivity contribution in [2.24, 2.45) is 0 Å². The summed E-state index contributed by atoms with van der Waals surface area (Å²) in [5.74, 6) is 4.20. The van der Waals surface area contributed by atoms with E-state index in [-0.39, 0.29) is 10.8 Å². The molecule has 272 valence electrons. The van der Waals surface area contributed by atoms with Gasteiger partial charge in [-0.15, -0.1) is 0 Å². The van der Waals surface area contributed by atoms with Gasteiger partial charge in [-0.25, -0.2) is 0 Å². The Hall–Kier alpha value is -6.98. The van der Waals surface area contributed by atoms with Gasteiger partial charge in [-0.3, -0.25) is 0 Å². The van der Waals surface area contributed by atoms with Crippen LogP contribution in [0.4, 0.5) is 34.4 Å². The van der Waals surface area contributed by atoms with Gasteiger partial charge in [0, 0.05) is 44.2 Å². The molecule has 0 amide bonds. The third-order valence-electron chi connectivity index (χ3n) is 14.9. The van der Waals surface area contributed by atoms with E-state index in [0.29, 0.717) is 0 Å². The lowest BCUT2D eigenvalue weighted by Crippen LogP contribution is -2.80. The van der Waals surface area contributed by atoms with Gasteiger partial charge in [0.1, 0.15) is 34.0 Å². The molecular formula is C53H36N4O+2. The van der Waals surface area contributed by atoms with Crippen molar-refractivity contribution >= 4 is 34.4 Å². The van der Waals surface area contributed by atoms with Crippen molar-refractivity contribution in [3.8, 4) is 56.0 Å². The van der Waals surface area contributed by atoms with E-state index in [9.17, 15) is 0 Å². The van der Waals surface area contributed by atoms with Gasteiger partial charge < -0.3 is 4.74 Å². The van der Waals surface area contributed by atoms with Crippen molar-refractivity contribution in [1.29, 1.82) is 0 Å². The summed E-state index contributed by atoms with van der Waals surface area (Å²) in [5, 5.41) is 0. The van der Waals surface area contributed by atoms with Gasteiger partial charge in [0.05, 0.1) is 23.5 Å². The second-order valence-corrected chi connectivity index (χ2v) is 18.1. The number of para-hydroxylation sites is 2. The minimum Gasteiger partial charge on any atom is -0.456 e. The maximum absolute atomic E-state index is 7.36. The molecule has 0 fully saturated rings. The Kier molecular flexibility index (Phi) is 4.81. The first-order valence-corrected chi connectivity index (χ1v) is 20.5. The van der Waals surface area contributed by atoms with E-state index in [1.807, 2.05) is 0 Å². The Labute approximate surface area is 336 Å². The Balaban J connectivity index is 1.23. The zero-order valence-corrected chi connectivity index (χ0v) is 32.6. The van der Waals surface area contributed by atoms with Crippen LogP contribution in [0.3, 0.4) is 0 Å². The van der Waals surface area contributed by atoms with E-state index in [2.05, 4.69) is 192 Å². The second-order valence-electron chi connectivity index (χ2n) is 18.1. The van der Waals surface area contributed by atoms with Gasteiger partial charge >= 0.3 is 5.66 Å². The number of aromatic nitrogens is 2. The molecule has 7 aliphatic rings. The van der Waals surface area contributed by atoms with Crippen LogP contribution < -0.4 is 23.7 Å². The van der Waals surface area contributed by atoms with Gasteiger partial charge in [-0.05, 0) is 70.8 Å². The monoisotopic (exact) mass is 744 g/mol. The summed E-state index contributed by atoms with van der Waals surface area (Å²) >= 11 is 0. The average Bonchev–Trinajstić information content (AvgIpc) is 3.46. The third-order valence-corrected chi connectivity index (χ3v) is 14.9. The number of nitrogens with zero attached hydrogens (tertiary/aromatic N) is 4. The summed E-state index contributed by atoms with van der Waals surface area (Å²) in [6, 6.07) is 50.4. The van der Waals surface area contributed by atoms with Crippen molar-refractivity contribution in [1.82, 2.24) is 0 Å². The first-order valence-electron chi connectivity index (χ1n) is 20.5. The second kappa shape index (κ2) is 9.25. The number of benzene rings is 6. The zero-order valence-electron chi connectivity index (χ0n) is 32.6. The number of hydrogen-bond donors (Lipinski definition) is 0. The zero-order chi connectivity index (χ0) is 38.2. The molecule has 58 heavy (non-hydrogen) atoms. The van der Waals surface area contributed by atoms with Crippen LogP contribution in [0.15, 0.2) is 146 Å². The molecule has 0 saturated heterocycles. The van der Waals surface area contributed by atoms with E-state index < -0.39 is 5.66 Å². The van der Waals surface area contributed by atoms with Gasteiger partial charge in [0.25, 0.3) is 11.6 Å².